The Morgan fingerprint density at radius 2 is 2.41 bits per heavy atom. The largest absolute Gasteiger partial charge is 0.459 e. The van der Waals surface area contributed by atoms with Crippen LogP contribution in [-0.4, -0.2) is 4.98 Å². The normalized spacial score (nSPS) is 19.3. The molecule has 0 fully saturated rings. The van der Waals surface area contributed by atoms with E-state index < -0.39 is 0 Å². The molecule has 2 aromatic heterocycles. The molecule has 0 aromatic carbocycles. The van der Waals surface area contributed by atoms with Crippen molar-refractivity contribution in [2.24, 2.45) is 5.73 Å². The summed E-state index contributed by atoms with van der Waals surface area (Å²) in [5, 5.41) is 0.979. The second-order valence-electron chi connectivity index (χ2n) is 4.45. The zero-order valence-corrected chi connectivity index (χ0v) is 10.7. The Hall–Kier alpha value is -1.13. The van der Waals surface area contributed by atoms with Gasteiger partial charge in [-0.15, -0.1) is 11.3 Å². The molecular formula is C13H16N2OS. The lowest BCUT2D eigenvalue weighted by Gasteiger charge is -2.15. The predicted molar refractivity (Wildman–Crippen MR) is 69.1 cm³/mol. The number of aryl methyl sites for hydroxylation is 2. The van der Waals surface area contributed by atoms with Crippen molar-refractivity contribution in [1.29, 1.82) is 0 Å². The van der Waals surface area contributed by atoms with Gasteiger partial charge in [-0.25, -0.2) is 4.98 Å². The van der Waals surface area contributed by atoms with E-state index in [1.165, 1.54) is 10.6 Å². The number of hydrogen-bond acceptors (Lipinski definition) is 4. The molecular weight excluding hydrogens is 232 g/mol. The molecule has 0 saturated heterocycles. The molecule has 4 heteroatoms. The van der Waals surface area contributed by atoms with Crippen LogP contribution < -0.4 is 5.73 Å². The molecule has 1 aliphatic rings. The average molecular weight is 248 g/mol. The maximum absolute atomic E-state index is 6.11. The highest BCUT2D eigenvalue weighted by Crippen LogP contribution is 2.37. The van der Waals surface area contributed by atoms with Gasteiger partial charge in [0.05, 0.1) is 5.69 Å². The van der Waals surface area contributed by atoms with Crippen molar-refractivity contribution in [2.45, 2.75) is 38.6 Å². The number of rotatable bonds is 2. The Balaban J connectivity index is 1.98. The molecule has 0 bridgehead atoms. The van der Waals surface area contributed by atoms with Crippen molar-refractivity contribution in [3.05, 3.63) is 28.5 Å². The van der Waals surface area contributed by atoms with Crippen molar-refractivity contribution in [3.8, 4) is 10.8 Å². The fourth-order valence-electron chi connectivity index (χ4n) is 2.24. The van der Waals surface area contributed by atoms with Crippen molar-refractivity contribution >= 4 is 11.3 Å². The van der Waals surface area contributed by atoms with Crippen LogP contribution in [0.2, 0.25) is 0 Å². The lowest BCUT2D eigenvalue weighted by molar-refractivity contribution is 0.528. The van der Waals surface area contributed by atoms with E-state index in [-0.39, 0.29) is 6.04 Å². The summed E-state index contributed by atoms with van der Waals surface area (Å²) in [5.41, 5.74) is 7.29. The van der Waals surface area contributed by atoms with Gasteiger partial charge < -0.3 is 10.2 Å². The topological polar surface area (TPSA) is 52.0 Å². The van der Waals surface area contributed by atoms with Crippen LogP contribution in [0.3, 0.4) is 0 Å². The van der Waals surface area contributed by atoms with E-state index in [1.807, 2.05) is 12.1 Å². The quantitative estimate of drug-likeness (QED) is 0.887. The van der Waals surface area contributed by atoms with Gasteiger partial charge in [-0.05, 0) is 31.4 Å². The SMILES string of the molecule is CCc1ccc(-c2nc3c(s2)C(N)CCC3)o1. The van der Waals surface area contributed by atoms with Crippen molar-refractivity contribution in [3.63, 3.8) is 0 Å². The van der Waals surface area contributed by atoms with Gasteiger partial charge in [0.25, 0.3) is 0 Å². The van der Waals surface area contributed by atoms with E-state index >= 15 is 0 Å². The van der Waals surface area contributed by atoms with Gasteiger partial charge in [0.1, 0.15) is 5.76 Å². The number of thiazole rings is 1. The van der Waals surface area contributed by atoms with Crippen LogP contribution in [0.15, 0.2) is 16.5 Å². The summed E-state index contributed by atoms with van der Waals surface area (Å²) in [6.07, 6.45) is 4.20. The molecule has 0 saturated carbocycles. The molecule has 1 unspecified atom stereocenters. The Labute approximate surface area is 105 Å². The first-order valence-electron chi connectivity index (χ1n) is 6.12. The number of fused-ring (bicyclic) bond motifs is 1. The van der Waals surface area contributed by atoms with Crippen LogP contribution in [0.25, 0.3) is 10.8 Å². The van der Waals surface area contributed by atoms with Crippen LogP contribution in [0.5, 0.6) is 0 Å². The zero-order valence-electron chi connectivity index (χ0n) is 9.90. The minimum atomic E-state index is 0.172. The molecule has 0 spiro atoms. The first kappa shape index (κ1) is 11.0. The monoisotopic (exact) mass is 248 g/mol. The highest BCUT2D eigenvalue weighted by atomic mass is 32.1. The van der Waals surface area contributed by atoms with E-state index in [1.54, 1.807) is 11.3 Å². The molecule has 90 valence electrons. The predicted octanol–water partition coefficient (Wildman–Crippen LogP) is 3.30. The van der Waals surface area contributed by atoms with Gasteiger partial charge in [0.15, 0.2) is 10.8 Å². The molecule has 2 heterocycles. The Bertz CT molecular complexity index is 529. The molecule has 0 aliphatic heterocycles. The molecule has 1 aliphatic carbocycles. The third-order valence-electron chi connectivity index (χ3n) is 3.21. The van der Waals surface area contributed by atoms with E-state index in [0.29, 0.717) is 0 Å². The molecule has 2 aromatic rings. The number of hydrogen-bond donors (Lipinski definition) is 1. The van der Waals surface area contributed by atoms with Gasteiger partial charge in [-0.2, -0.15) is 0 Å². The van der Waals surface area contributed by atoms with E-state index in [9.17, 15) is 0 Å². The number of nitrogens with two attached hydrogens (primary N) is 1. The smallest absolute Gasteiger partial charge is 0.162 e. The van der Waals surface area contributed by atoms with Crippen LogP contribution in [0, 0.1) is 0 Å². The van der Waals surface area contributed by atoms with Gasteiger partial charge in [0.2, 0.25) is 0 Å². The lowest BCUT2D eigenvalue weighted by Crippen LogP contribution is -2.15. The minimum Gasteiger partial charge on any atom is -0.459 e. The molecule has 0 amide bonds. The van der Waals surface area contributed by atoms with Crippen LogP contribution in [0.4, 0.5) is 0 Å². The highest BCUT2D eigenvalue weighted by Gasteiger charge is 2.22. The first-order valence-corrected chi connectivity index (χ1v) is 6.94. The Morgan fingerprint density at radius 1 is 1.53 bits per heavy atom. The Kier molecular flexibility index (Phi) is 2.76. The van der Waals surface area contributed by atoms with Gasteiger partial charge >= 0.3 is 0 Å². The van der Waals surface area contributed by atoms with Crippen molar-refractivity contribution in [2.75, 3.05) is 0 Å². The number of furan rings is 1. The van der Waals surface area contributed by atoms with Crippen LogP contribution in [0.1, 0.15) is 42.1 Å². The molecule has 3 nitrogen and oxygen atoms in total. The van der Waals surface area contributed by atoms with Gasteiger partial charge in [-0.1, -0.05) is 6.92 Å². The standard InChI is InChI=1S/C13H16N2OS/c1-2-8-6-7-11(16-8)13-15-10-5-3-4-9(14)12(10)17-13/h6-7,9H,2-5,14H2,1H3. The minimum absolute atomic E-state index is 0.172. The third-order valence-corrected chi connectivity index (χ3v) is 4.46. The summed E-state index contributed by atoms with van der Waals surface area (Å²) in [6, 6.07) is 4.20. The second-order valence-corrected chi connectivity index (χ2v) is 5.48. The molecule has 1 atom stereocenters. The van der Waals surface area contributed by atoms with Crippen molar-refractivity contribution in [1.82, 2.24) is 4.98 Å². The van der Waals surface area contributed by atoms with Gasteiger partial charge in [-0.3, -0.25) is 0 Å². The maximum Gasteiger partial charge on any atom is 0.162 e. The number of aromatic nitrogens is 1. The fraction of sp³-hybridized carbons (Fsp3) is 0.462. The molecule has 17 heavy (non-hydrogen) atoms. The van der Waals surface area contributed by atoms with E-state index in [0.717, 1.165) is 42.2 Å². The summed E-state index contributed by atoms with van der Waals surface area (Å²) < 4.78 is 5.74. The van der Waals surface area contributed by atoms with E-state index in [4.69, 9.17) is 10.2 Å². The molecule has 2 N–H and O–H groups in total. The van der Waals surface area contributed by atoms with Crippen molar-refractivity contribution < 1.29 is 4.42 Å². The summed E-state index contributed by atoms with van der Waals surface area (Å²) >= 11 is 1.69. The lowest BCUT2D eigenvalue weighted by atomic mass is 9.99. The fourth-order valence-corrected chi connectivity index (χ4v) is 3.35. The molecule has 3 rings (SSSR count). The van der Waals surface area contributed by atoms with Crippen LogP contribution in [-0.2, 0) is 12.8 Å². The van der Waals surface area contributed by atoms with Gasteiger partial charge in [0, 0.05) is 17.3 Å². The Morgan fingerprint density at radius 3 is 3.12 bits per heavy atom. The summed E-state index contributed by atoms with van der Waals surface area (Å²) in [5.74, 6) is 1.89. The molecule has 0 radical (unpaired) electrons. The third kappa shape index (κ3) is 1.91. The van der Waals surface area contributed by atoms with Crippen LogP contribution >= 0.6 is 11.3 Å². The average Bonchev–Trinajstić information content (AvgIpc) is 2.95. The second kappa shape index (κ2) is 4.27. The zero-order chi connectivity index (χ0) is 11.8. The maximum atomic E-state index is 6.11. The van der Waals surface area contributed by atoms with E-state index in [2.05, 4.69) is 11.9 Å². The summed E-state index contributed by atoms with van der Waals surface area (Å²) in [6.45, 7) is 2.09. The summed E-state index contributed by atoms with van der Waals surface area (Å²) in [4.78, 5) is 5.91. The summed E-state index contributed by atoms with van der Waals surface area (Å²) in [7, 11) is 0. The first-order chi connectivity index (χ1) is 8.28. The highest BCUT2D eigenvalue weighted by molar-refractivity contribution is 7.15. The number of nitrogens with zero attached hydrogens (tertiary/aromatic N) is 1.